The first-order valence-corrected chi connectivity index (χ1v) is 13.6. The van der Waals surface area contributed by atoms with Gasteiger partial charge in [-0.15, -0.1) is 0 Å². The van der Waals surface area contributed by atoms with Gasteiger partial charge in [-0.3, -0.25) is 0 Å². The standard InChI is InChI=1S/C37H29N3/c1-40-32(36-34(28-18-10-4-11-19-28)30(24-38-36)26-14-6-2-7-15-26)22-23-33(40)37-35(29-20-12-5-13-21-29)31(25-39-37)27-16-8-3-9-17-27/h2-25,38-39H,1H3. The molecule has 3 nitrogen and oxygen atoms in total. The summed E-state index contributed by atoms with van der Waals surface area (Å²) < 4.78 is 2.29. The number of rotatable bonds is 6. The zero-order chi connectivity index (χ0) is 26.9. The van der Waals surface area contributed by atoms with E-state index in [1.54, 1.807) is 0 Å². The highest BCUT2D eigenvalue weighted by Gasteiger charge is 2.22. The van der Waals surface area contributed by atoms with Crippen molar-refractivity contribution in [2.45, 2.75) is 0 Å². The molecular weight excluding hydrogens is 486 g/mol. The van der Waals surface area contributed by atoms with Crippen LogP contribution >= 0.6 is 0 Å². The van der Waals surface area contributed by atoms with Crippen LogP contribution < -0.4 is 0 Å². The fraction of sp³-hybridized carbons (Fsp3) is 0.0270. The van der Waals surface area contributed by atoms with Crippen molar-refractivity contribution in [1.82, 2.24) is 14.5 Å². The van der Waals surface area contributed by atoms with Crippen molar-refractivity contribution in [3.8, 4) is 67.3 Å². The first-order chi connectivity index (χ1) is 19.8. The van der Waals surface area contributed by atoms with Gasteiger partial charge in [0.1, 0.15) is 0 Å². The number of hydrogen-bond acceptors (Lipinski definition) is 0. The van der Waals surface area contributed by atoms with E-state index in [1.165, 1.54) is 44.5 Å². The Kier molecular flexibility index (Phi) is 6.02. The minimum Gasteiger partial charge on any atom is -0.359 e. The second-order valence-corrected chi connectivity index (χ2v) is 10.0. The average molecular weight is 516 g/mol. The summed E-state index contributed by atoms with van der Waals surface area (Å²) in [6.07, 6.45) is 4.27. The van der Waals surface area contributed by atoms with Gasteiger partial charge in [0.05, 0.1) is 22.8 Å². The Hall–Kier alpha value is -5.28. The van der Waals surface area contributed by atoms with Gasteiger partial charge in [-0.25, -0.2) is 0 Å². The van der Waals surface area contributed by atoms with Crippen LogP contribution in [0.1, 0.15) is 0 Å². The van der Waals surface area contributed by atoms with Crippen molar-refractivity contribution in [1.29, 1.82) is 0 Å². The summed E-state index contributed by atoms with van der Waals surface area (Å²) in [7, 11) is 2.15. The number of aromatic nitrogens is 3. The maximum absolute atomic E-state index is 3.64. The molecule has 7 rings (SSSR count). The van der Waals surface area contributed by atoms with Crippen LogP contribution in [0, 0.1) is 0 Å². The molecule has 0 saturated heterocycles. The van der Waals surface area contributed by atoms with E-state index in [9.17, 15) is 0 Å². The van der Waals surface area contributed by atoms with E-state index in [4.69, 9.17) is 0 Å². The second kappa shape index (κ2) is 10.1. The van der Waals surface area contributed by atoms with Crippen molar-refractivity contribution in [3.05, 3.63) is 146 Å². The Morgan fingerprint density at radius 3 is 1.07 bits per heavy atom. The Labute approximate surface area is 234 Å². The molecule has 0 bridgehead atoms. The monoisotopic (exact) mass is 515 g/mol. The molecule has 0 spiro atoms. The van der Waals surface area contributed by atoms with Gasteiger partial charge in [0.15, 0.2) is 0 Å². The highest BCUT2D eigenvalue weighted by atomic mass is 15.0. The molecule has 0 aliphatic heterocycles. The molecule has 0 radical (unpaired) electrons. The molecule has 40 heavy (non-hydrogen) atoms. The number of hydrogen-bond donors (Lipinski definition) is 2. The van der Waals surface area contributed by atoms with Crippen LogP contribution in [-0.4, -0.2) is 14.5 Å². The molecule has 0 saturated carbocycles. The molecule has 2 N–H and O–H groups in total. The lowest BCUT2D eigenvalue weighted by Gasteiger charge is -2.13. The van der Waals surface area contributed by atoms with Crippen molar-refractivity contribution in [2.75, 3.05) is 0 Å². The summed E-state index contributed by atoms with van der Waals surface area (Å²) >= 11 is 0. The first-order valence-electron chi connectivity index (χ1n) is 13.6. The summed E-state index contributed by atoms with van der Waals surface area (Å²) in [4.78, 5) is 7.28. The molecule has 7 aromatic rings. The Morgan fingerprint density at radius 2 is 0.725 bits per heavy atom. The van der Waals surface area contributed by atoms with E-state index in [0.29, 0.717) is 0 Å². The van der Waals surface area contributed by atoms with Crippen molar-refractivity contribution < 1.29 is 0 Å². The highest BCUT2D eigenvalue weighted by Crippen LogP contribution is 2.44. The Bertz CT molecular complexity index is 1730. The predicted molar refractivity (Wildman–Crippen MR) is 167 cm³/mol. The van der Waals surface area contributed by atoms with Crippen molar-refractivity contribution >= 4 is 0 Å². The van der Waals surface area contributed by atoms with Crippen LogP contribution in [0.2, 0.25) is 0 Å². The van der Waals surface area contributed by atoms with Gasteiger partial charge in [0.2, 0.25) is 0 Å². The van der Waals surface area contributed by atoms with Gasteiger partial charge in [-0.1, -0.05) is 121 Å². The molecule has 4 aromatic carbocycles. The largest absolute Gasteiger partial charge is 0.359 e. The zero-order valence-electron chi connectivity index (χ0n) is 22.3. The minimum atomic E-state index is 1.11. The quantitative estimate of drug-likeness (QED) is 0.221. The van der Waals surface area contributed by atoms with Crippen LogP contribution in [0.25, 0.3) is 67.3 Å². The van der Waals surface area contributed by atoms with E-state index in [0.717, 1.165) is 22.8 Å². The molecular formula is C37H29N3. The van der Waals surface area contributed by atoms with E-state index < -0.39 is 0 Å². The number of aromatic amines is 2. The first kappa shape index (κ1) is 23.8. The predicted octanol–water partition coefficient (Wildman–Crippen LogP) is 9.68. The topological polar surface area (TPSA) is 36.5 Å². The number of nitrogens with one attached hydrogen (secondary N) is 2. The third kappa shape index (κ3) is 4.09. The minimum absolute atomic E-state index is 1.11. The molecule has 0 atom stereocenters. The third-order valence-electron chi connectivity index (χ3n) is 7.69. The average Bonchev–Trinajstić information content (AvgIpc) is 3.75. The molecule has 0 amide bonds. The number of H-pyrrole nitrogens is 2. The molecule has 192 valence electrons. The Balaban J connectivity index is 1.41. The van der Waals surface area contributed by atoms with Crippen LogP contribution in [-0.2, 0) is 7.05 Å². The molecule has 0 aliphatic rings. The van der Waals surface area contributed by atoms with Gasteiger partial charge < -0.3 is 14.5 Å². The molecule has 3 heteroatoms. The maximum Gasteiger partial charge on any atom is 0.0707 e. The van der Waals surface area contributed by atoms with E-state index in [1.807, 2.05) is 0 Å². The van der Waals surface area contributed by atoms with Gasteiger partial charge >= 0.3 is 0 Å². The molecule has 3 heterocycles. The number of nitrogens with zero attached hydrogens (tertiary/aromatic N) is 1. The fourth-order valence-electron chi connectivity index (χ4n) is 5.76. The maximum atomic E-state index is 3.64. The van der Waals surface area contributed by atoms with E-state index in [-0.39, 0.29) is 0 Å². The van der Waals surface area contributed by atoms with Gasteiger partial charge in [0.25, 0.3) is 0 Å². The highest BCUT2D eigenvalue weighted by molar-refractivity contribution is 5.96. The van der Waals surface area contributed by atoms with Gasteiger partial charge in [-0.2, -0.15) is 0 Å². The summed E-state index contributed by atoms with van der Waals surface area (Å²) in [5.74, 6) is 0. The van der Waals surface area contributed by atoms with Crippen LogP contribution in [0.4, 0.5) is 0 Å². The molecule has 3 aromatic heterocycles. The second-order valence-electron chi connectivity index (χ2n) is 10.0. The van der Waals surface area contributed by atoms with Crippen LogP contribution in [0.5, 0.6) is 0 Å². The van der Waals surface area contributed by atoms with Gasteiger partial charge in [0, 0.05) is 41.7 Å². The van der Waals surface area contributed by atoms with Crippen molar-refractivity contribution in [2.24, 2.45) is 7.05 Å². The van der Waals surface area contributed by atoms with Crippen LogP contribution in [0.15, 0.2) is 146 Å². The van der Waals surface area contributed by atoms with E-state index >= 15 is 0 Å². The summed E-state index contributed by atoms with van der Waals surface area (Å²) in [5.41, 5.74) is 14.1. The lowest BCUT2D eigenvalue weighted by molar-refractivity contribution is 0.937. The van der Waals surface area contributed by atoms with Gasteiger partial charge in [-0.05, 0) is 34.4 Å². The summed E-state index contributed by atoms with van der Waals surface area (Å²) in [5, 5.41) is 0. The summed E-state index contributed by atoms with van der Waals surface area (Å²) in [6, 6.07) is 47.0. The lowest BCUT2D eigenvalue weighted by Crippen LogP contribution is -1.97. The molecule has 0 fully saturated rings. The molecule has 0 unspecified atom stereocenters. The zero-order valence-corrected chi connectivity index (χ0v) is 22.3. The lowest BCUT2D eigenvalue weighted by atomic mass is 9.96. The summed E-state index contributed by atoms with van der Waals surface area (Å²) in [6.45, 7) is 0. The Morgan fingerprint density at radius 1 is 0.400 bits per heavy atom. The number of benzene rings is 4. The smallest absolute Gasteiger partial charge is 0.0707 e. The third-order valence-corrected chi connectivity index (χ3v) is 7.69. The van der Waals surface area contributed by atoms with E-state index in [2.05, 4.69) is 167 Å². The normalized spacial score (nSPS) is 11.1. The SMILES string of the molecule is Cn1c(-c2[nH]cc(-c3ccccc3)c2-c2ccccc2)ccc1-c1[nH]cc(-c2ccccc2)c1-c1ccccc1. The fourth-order valence-corrected chi connectivity index (χ4v) is 5.76. The van der Waals surface area contributed by atoms with Crippen LogP contribution in [0.3, 0.4) is 0 Å². The van der Waals surface area contributed by atoms with Crippen molar-refractivity contribution in [3.63, 3.8) is 0 Å². The molecule has 0 aliphatic carbocycles.